The van der Waals surface area contributed by atoms with E-state index in [0.717, 1.165) is 17.0 Å². The standard InChI is InChI=1S/C18H18ClN5O2/c1-2-26-16-9-3-13(4-10-16)11-18(25)20-12-17-21-22-23-24(17)15-7-5-14(19)6-8-15/h3-10H,2,11-12H2,1H3,(H,20,25). The van der Waals surface area contributed by atoms with Crippen molar-refractivity contribution >= 4 is 17.5 Å². The highest BCUT2D eigenvalue weighted by Crippen LogP contribution is 2.14. The lowest BCUT2D eigenvalue weighted by atomic mass is 10.1. The van der Waals surface area contributed by atoms with Crippen molar-refractivity contribution in [1.82, 2.24) is 25.5 Å². The van der Waals surface area contributed by atoms with Crippen molar-refractivity contribution in [2.24, 2.45) is 0 Å². The van der Waals surface area contributed by atoms with Gasteiger partial charge >= 0.3 is 0 Å². The monoisotopic (exact) mass is 371 g/mol. The number of aromatic nitrogens is 4. The summed E-state index contributed by atoms with van der Waals surface area (Å²) in [7, 11) is 0. The van der Waals surface area contributed by atoms with Crippen LogP contribution in [0.15, 0.2) is 48.5 Å². The van der Waals surface area contributed by atoms with Crippen molar-refractivity contribution in [2.45, 2.75) is 19.9 Å². The summed E-state index contributed by atoms with van der Waals surface area (Å²) in [5.41, 5.74) is 1.68. The summed E-state index contributed by atoms with van der Waals surface area (Å²) < 4.78 is 6.95. The second kappa shape index (κ2) is 8.44. The van der Waals surface area contributed by atoms with Crippen LogP contribution in [0, 0.1) is 0 Å². The van der Waals surface area contributed by atoms with Crippen LogP contribution in [0.4, 0.5) is 0 Å². The minimum Gasteiger partial charge on any atom is -0.494 e. The molecule has 0 radical (unpaired) electrons. The van der Waals surface area contributed by atoms with Crippen LogP contribution in [0.3, 0.4) is 0 Å². The number of nitrogens with one attached hydrogen (secondary N) is 1. The summed E-state index contributed by atoms with van der Waals surface area (Å²) in [6.07, 6.45) is 0.273. The molecule has 0 saturated heterocycles. The first kappa shape index (κ1) is 17.9. The van der Waals surface area contributed by atoms with Crippen LogP contribution in [-0.2, 0) is 17.8 Å². The van der Waals surface area contributed by atoms with E-state index in [1.807, 2.05) is 43.3 Å². The van der Waals surface area contributed by atoms with Crippen LogP contribution in [-0.4, -0.2) is 32.7 Å². The van der Waals surface area contributed by atoms with Gasteiger partial charge in [-0.1, -0.05) is 23.7 Å². The number of halogens is 1. The molecule has 0 fully saturated rings. The van der Waals surface area contributed by atoms with Gasteiger partial charge in [0.05, 0.1) is 25.3 Å². The number of hydrogen-bond acceptors (Lipinski definition) is 5. The Morgan fingerprint density at radius 1 is 1.15 bits per heavy atom. The van der Waals surface area contributed by atoms with Crippen LogP contribution in [0.25, 0.3) is 5.69 Å². The molecule has 0 atom stereocenters. The van der Waals surface area contributed by atoms with Gasteiger partial charge in [-0.05, 0) is 59.3 Å². The normalized spacial score (nSPS) is 10.5. The minimum absolute atomic E-state index is 0.111. The summed E-state index contributed by atoms with van der Waals surface area (Å²) in [5, 5.41) is 15.1. The molecular weight excluding hydrogens is 354 g/mol. The highest BCUT2D eigenvalue weighted by Gasteiger charge is 2.10. The van der Waals surface area contributed by atoms with E-state index in [1.54, 1.807) is 16.8 Å². The van der Waals surface area contributed by atoms with E-state index < -0.39 is 0 Å². The molecule has 1 N–H and O–H groups in total. The molecule has 2 aromatic carbocycles. The Labute approximate surface area is 155 Å². The van der Waals surface area contributed by atoms with Crippen LogP contribution in [0.1, 0.15) is 18.3 Å². The number of hydrogen-bond donors (Lipinski definition) is 1. The molecule has 8 heteroatoms. The van der Waals surface area contributed by atoms with Crippen LogP contribution < -0.4 is 10.1 Å². The van der Waals surface area contributed by atoms with Crippen molar-refractivity contribution < 1.29 is 9.53 Å². The number of rotatable bonds is 7. The Balaban J connectivity index is 1.58. The smallest absolute Gasteiger partial charge is 0.224 e. The Morgan fingerprint density at radius 3 is 2.58 bits per heavy atom. The third kappa shape index (κ3) is 4.58. The molecule has 1 amide bonds. The van der Waals surface area contributed by atoms with Gasteiger partial charge < -0.3 is 10.1 Å². The van der Waals surface area contributed by atoms with Crippen LogP contribution in [0.2, 0.25) is 5.02 Å². The average molecular weight is 372 g/mol. The molecule has 26 heavy (non-hydrogen) atoms. The van der Waals surface area contributed by atoms with Gasteiger partial charge in [-0.25, -0.2) is 0 Å². The largest absolute Gasteiger partial charge is 0.494 e. The molecular formula is C18H18ClN5O2. The summed E-state index contributed by atoms with van der Waals surface area (Å²) in [4.78, 5) is 12.2. The van der Waals surface area contributed by atoms with Crippen molar-refractivity contribution in [2.75, 3.05) is 6.61 Å². The first-order valence-corrected chi connectivity index (χ1v) is 8.55. The zero-order valence-electron chi connectivity index (χ0n) is 14.2. The van der Waals surface area contributed by atoms with E-state index in [4.69, 9.17) is 16.3 Å². The van der Waals surface area contributed by atoms with Gasteiger partial charge in [0.2, 0.25) is 5.91 Å². The maximum absolute atomic E-state index is 12.2. The molecule has 7 nitrogen and oxygen atoms in total. The van der Waals surface area contributed by atoms with Crippen molar-refractivity contribution in [3.8, 4) is 11.4 Å². The molecule has 3 aromatic rings. The Morgan fingerprint density at radius 2 is 1.88 bits per heavy atom. The van der Waals surface area contributed by atoms with Gasteiger partial charge in [0, 0.05) is 5.02 Å². The lowest BCUT2D eigenvalue weighted by Gasteiger charge is -2.07. The molecule has 134 valence electrons. The highest BCUT2D eigenvalue weighted by atomic mass is 35.5. The second-order valence-electron chi connectivity index (χ2n) is 5.51. The summed E-state index contributed by atoms with van der Waals surface area (Å²) >= 11 is 5.89. The molecule has 1 aromatic heterocycles. The van der Waals surface area contributed by atoms with Gasteiger partial charge in [-0.2, -0.15) is 4.68 Å². The predicted octanol–water partition coefficient (Wildman–Crippen LogP) is 2.57. The van der Waals surface area contributed by atoms with Crippen molar-refractivity contribution in [1.29, 1.82) is 0 Å². The average Bonchev–Trinajstić information content (AvgIpc) is 3.11. The van der Waals surface area contributed by atoms with Crippen LogP contribution in [0.5, 0.6) is 5.75 Å². The fourth-order valence-electron chi connectivity index (χ4n) is 2.39. The maximum atomic E-state index is 12.2. The number of ether oxygens (including phenoxy) is 1. The van der Waals surface area contributed by atoms with Gasteiger partial charge in [-0.3, -0.25) is 4.79 Å². The van der Waals surface area contributed by atoms with Gasteiger partial charge in [-0.15, -0.1) is 5.10 Å². The van der Waals surface area contributed by atoms with E-state index >= 15 is 0 Å². The first-order chi connectivity index (χ1) is 12.7. The molecule has 0 aliphatic heterocycles. The minimum atomic E-state index is -0.111. The maximum Gasteiger partial charge on any atom is 0.224 e. The van der Waals surface area contributed by atoms with E-state index in [1.165, 1.54) is 0 Å². The van der Waals surface area contributed by atoms with E-state index in [-0.39, 0.29) is 18.9 Å². The zero-order chi connectivity index (χ0) is 18.4. The summed E-state index contributed by atoms with van der Waals surface area (Å²) in [5.74, 6) is 1.21. The van der Waals surface area contributed by atoms with Gasteiger partial charge in [0.1, 0.15) is 5.75 Å². The summed E-state index contributed by atoms with van der Waals surface area (Å²) in [6, 6.07) is 14.6. The SMILES string of the molecule is CCOc1ccc(CC(=O)NCc2nnnn2-c2ccc(Cl)cc2)cc1. The quantitative estimate of drug-likeness (QED) is 0.690. The van der Waals surface area contributed by atoms with E-state index in [0.29, 0.717) is 17.5 Å². The third-order valence-corrected chi connectivity index (χ3v) is 3.90. The molecule has 0 aliphatic rings. The Hall–Kier alpha value is -2.93. The molecule has 0 aliphatic carbocycles. The lowest BCUT2D eigenvalue weighted by molar-refractivity contribution is -0.120. The Kier molecular flexibility index (Phi) is 5.80. The molecule has 0 spiro atoms. The molecule has 0 unspecified atom stereocenters. The van der Waals surface area contributed by atoms with Crippen molar-refractivity contribution in [3.05, 3.63) is 64.9 Å². The number of nitrogens with zero attached hydrogens (tertiary/aromatic N) is 4. The Bertz CT molecular complexity index is 862. The zero-order valence-corrected chi connectivity index (χ0v) is 15.0. The second-order valence-corrected chi connectivity index (χ2v) is 5.95. The number of tetrazole rings is 1. The highest BCUT2D eigenvalue weighted by molar-refractivity contribution is 6.30. The molecule has 0 saturated carbocycles. The summed E-state index contributed by atoms with van der Waals surface area (Å²) in [6.45, 7) is 2.77. The van der Waals surface area contributed by atoms with Gasteiger partial charge in [0.25, 0.3) is 0 Å². The number of carbonyl (C=O) groups is 1. The number of benzene rings is 2. The van der Waals surface area contributed by atoms with Crippen LogP contribution >= 0.6 is 11.6 Å². The first-order valence-electron chi connectivity index (χ1n) is 8.17. The topological polar surface area (TPSA) is 81.9 Å². The van der Waals surface area contributed by atoms with E-state index in [2.05, 4.69) is 20.8 Å². The van der Waals surface area contributed by atoms with E-state index in [9.17, 15) is 4.79 Å². The fraction of sp³-hybridized carbons (Fsp3) is 0.222. The predicted molar refractivity (Wildman–Crippen MR) is 97.3 cm³/mol. The molecule has 3 rings (SSSR count). The number of carbonyl (C=O) groups excluding carboxylic acids is 1. The fourth-order valence-corrected chi connectivity index (χ4v) is 2.52. The molecule has 1 heterocycles. The van der Waals surface area contributed by atoms with Crippen molar-refractivity contribution in [3.63, 3.8) is 0 Å². The lowest BCUT2D eigenvalue weighted by Crippen LogP contribution is -2.26. The molecule has 0 bridgehead atoms. The number of amides is 1. The van der Waals surface area contributed by atoms with Gasteiger partial charge in [0.15, 0.2) is 5.82 Å². The third-order valence-electron chi connectivity index (χ3n) is 3.65.